The van der Waals surface area contributed by atoms with E-state index >= 15 is 0 Å². The summed E-state index contributed by atoms with van der Waals surface area (Å²) < 4.78 is 0. The van der Waals surface area contributed by atoms with Crippen molar-refractivity contribution in [2.24, 2.45) is 0 Å². The van der Waals surface area contributed by atoms with Crippen molar-refractivity contribution in [3.05, 3.63) is 54.4 Å². The second-order valence-corrected chi connectivity index (χ2v) is 6.13. The number of nitrogens with one attached hydrogen (secondary N) is 2. The second-order valence-electron chi connectivity index (χ2n) is 6.13. The zero-order valence-electron chi connectivity index (χ0n) is 13.8. The number of para-hydroxylation sites is 2. The largest absolute Gasteiger partial charge is 0.346 e. The van der Waals surface area contributed by atoms with E-state index in [0.29, 0.717) is 17.7 Å². The number of hydrogen-bond acceptors (Lipinski definition) is 3. The van der Waals surface area contributed by atoms with Gasteiger partial charge >= 0.3 is 0 Å². The van der Waals surface area contributed by atoms with Crippen LogP contribution in [0.5, 0.6) is 0 Å². The molecule has 0 radical (unpaired) electrons. The molecule has 2 amide bonds. The van der Waals surface area contributed by atoms with Gasteiger partial charge in [0.1, 0.15) is 11.7 Å². The molecular formula is C19H18N4O2. The van der Waals surface area contributed by atoms with Crippen LogP contribution in [-0.4, -0.2) is 27.8 Å². The van der Waals surface area contributed by atoms with Crippen molar-refractivity contribution in [3.8, 4) is 0 Å². The molecule has 6 heteroatoms. The number of aromatic amines is 1. The Labute approximate surface area is 144 Å². The maximum atomic E-state index is 13.3. The topological polar surface area (TPSA) is 78.1 Å². The lowest BCUT2D eigenvalue weighted by Crippen LogP contribution is -2.51. The lowest BCUT2D eigenvalue weighted by molar-refractivity contribution is -0.117. The van der Waals surface area contributed by atoms with E-state index in [2.05, 4.69) is 15.3 Å². The fourth-order valence-electron chi connectivity index (χ4n) is 3.27. The molecule has 25 heavy (non-hydrogen) atoms. The van der Waals surface area contributed by atoms with Crippen molar-refractivity contribution < 1.29 is 9.59 Å². The number of benzene rings is 1. The van der Waals surface area contributed by atoms with Gasteiger partial charge in [0.05, 0.1) is 16.9 Å². The third-order valence-corrected chi connectivity index (χ3v) is 4.46. The van der Waals surface area contributed by atoms with Gasteiger partial charge in [-0.1, -0.05) is 25.5 Å². The van der Waals surface area contributed by atoms with Crippen LogP contribution >= 0.6 is 0 Å². The SMILES string of the molecule is CCCC1C(=O)Nc2ccccc2N1C(=O)c1cnc2[nH]ccc2c1. The Morgan fingerprint density at radius 1 is 1.28 bits per heavy atom. The Morgan fingerprint density at radius 3 is 2.96 bits per heavy atom. The Balaban J connectivity index is 1.81. The highest BCUT2D eigenvalue weighted by Crippen LogP contribution is 2.34. The highest BCUT2D eigenvalue weighted by Gasteiger charge is 2.36. The summed E-state index contributed by atoms with van der Waals surface area (Å²) in [4.78, 5) is 34.7. The zero-order chi connectivity index (χ0) is 17.4. The maximum absolute atomic E-state index is 13.3. The van der Waals surface area contributed by atoms with E-state index in [-0.39, 0.29) is 11.8 Å². The van der Waals surface area contributed by atoms with Crippen LogP contribution in [0.3, 0.4) is 0 Å². The molecule has 6 nitrogen and oxygen atoms in total. The first-order chi connectivity index (χ1) is 12.2. The smallest absolute Gasteiger partial charge is 0.260 e. The van der Waals surface area contributed by atoms with E-state index in [9.17, 15) is 9.59 Å². The van der Waals surface area contributed by atoms with E-state index < -0.39 is 6.04 Å². The van der Waals surface area contributed by atoms with Gasteiger partial charge < -0.3 is 10.3 Å². The number of H-pyrrole nitrogens is 1. The third-order valence-electron chi connectivity index (χ3n) is 4.46. The van der Waals surface area contributed by atoms with Gasteiger partial charge in [0.2, 0.25) is 5.91 Å². The summed E-state index contributed by atoms with van der Waals surface area (Å²) in [6.45, 7) is 2.00. The van der Waals surface area contributed by atoms with Crippen molar-refractivity contribution in [2.45, 2.75) is 25.8 Å². The van der Waals surface area contributed by atoms with E-state index in [1.807, 2.05) is 37.3 Å². The van der Waals surface area contributed by atoms with E-state index in [0.717, 1.165) is 23.1 Å². The van der Waals surface area contributed by atoms with Crippen LogP contribution < -0.4 is 10.2 Å². The third kappa shape index (κ3) is 2.55. The summed E-state index contributed by atoms with van der Waals surface area (Å²) in [5.41, 5.74) is 2.58. The number of nitrogens with zero attached hydrogens (tertiary/aromatic N) is 2. The number of carbonyl (C=O) groups excluding carboxylic acids is 2. The molecule has 1 aromatic carbocycles. The van der Waals surface area contributed by atoms with Crippen molar-refractivity contribution >= 4 is 34.2 Å². The second kappa shape index (κ2) is 6.05. The van der Waals surface area contributed by atoms with Gasteiger partial charge in [-0.3, -0.25) is 14.5 Å². The summed E-state index contributed by atoms with van der Waals surface area (Å²) in [6, 6.07) is 10.5. The number of carbonyl (C=O) groups is 2. The van der Waals surface area contributed by atoms with Crippen LogP contribution in [0.2, 0.25) is 0 Å². The molecule has 0 fully saturated rings. The van der Waals surface area contributed by atoms with E-state index in [1.54, 1.807) is 23.4 Å². The fraction of sp³-hybridized carbons (Fsp3) is 0.211. The minimum Gasteiger partial charge on any atom is -0.346 e. The fourth-order valence-corrected chi connectivity index (χ4v) is 3.27. The molecule has 0 aliphatic carbocycles. The number of rotatable bonds is 3. The lowest BCUT2D eigenvalue weighted by Gasteiger charge is -2.36. The predicted octanol–water partition coefficient (Wildman–Crippen LogP) is 3.33. The van der Waals surface area contributed by atoms with Gasteiger partial charge in [-0.25, -0.2) is 4.98 Å². The van der Waals surface area contributed by atoms with Gasteiger partial charge in [0.25, 0.3) is 5.91 Å². The Bertz CT molecular complexity index is 963. The number of aromatic nitrogens is 2. The minimum atomic E-state index is -0.519. The van der Waals surface area contributed by atoms with Gasteiger partial charge in [0, 0.05) is 17.8 Å². The van der Waals surface area contributed by atoms with Gasteiger partial charge in [-0.2, -0.15) is 0 Å². The normalized spacial score (nSPS) is 16.6. The molecule has 0 spiro atoms. The van der Waals surface area contributed by atoms with Crippen LogP contribution in [0.4, 0.5) is 11.4 Å². The number of pyridine rings is 1. The van der Waals surface area contributed by atoms with Crippen LogP contribution in [0.1, 0.15) is 30.1 Å². The molecule has 0 bridgehead atoms. The Hall–Kier alpha value is -3.15. The molecule has 1 aliphatic heterocycles. The molecule has 126 valence electrons. The standard InChI is InChI=1S/C19H18N4O2/c1-2-5-16-18(24)22-14-6-3-4-7-15(14)23(16)19(25)13-10-12-8-9-20-17(12)21-11-13/h3-4,6-11,16H,2,5H2,1H3,(H,20,21)(H,22,24). The van der Waals surface area contributed by atoms with Gasteiger partial charge in [-0.05, 0) is 30.7 Å². The first-order valence-electron chi connectivity index (χ1n) is 8.35. The van der Waals surface area contributed by atoms with E-state index in [4.69, 9.17) is 0 Å². The molecule has 3 aromatic rings. The Kier molecular flexibility index (Phi) is 3.72. The predicted molar refractivity (Wildman–Crippen MR) is 96.7 cm³/mol. The van der Waals surface area contributed by atoms with Crippen molar-refractivity contribution in [1.29, 1.82) is 0 Å². The van der Waals surface area contributed by atoms with Crippen LogP contribution in [0, 0.1) is 0 Å². The molecule has 1 unspecified atom stereocenters. The highest BCUT2D eigenvalue weighted by atomic mass is 16.2. The lowest BCUT2D eigenvalue weighted by atomic mass is 10.0. The molecular weight excluding hydrogens is 316 g/mol. The maximum Gasteiger partial charge on any atom is 0.260 e. The number of fused-ring (bicyclic) bond motifs is 2. The molecule has 3 heterocycles. The van der Waals surface area contributed by atoms with Crippen LogP contribution in [0.15, 0.2) is 48.8 Å². The number of hydrogen-bond donors (Lipinski definition) is 2. The molecule has 0 saturated heterocycles. The molecule has 0 saturated carbocycles. The number of anilines is 2. The summed E-state index contributed by atoms with van der Waals surface area (Å²) >= 11 is 0. The first-order valence-corrected chi connectivity index (χ1v) is 8.35. The summed E-state index contributed by atoms with van der Waals surface area (Å²) in [5.74, 6) is -0.360. The molecule has 1 aliphatic rings. The first kappa shape index (κ1) is 15.4. The monoisotopic (exact) mass is 334 g/mol. The Morgan fingerprint density at radius 2 is 2.12 bits per heavy atom. The molecule has 4 rings (SSSR count). The molecule has 1 atom stereocenters. The minimum absolute atomic E-state index is 0.149. The molecule has 2 aromatic heterocycles. The van der Waals surface area contributed by atoms with Crippen molar-refractivity contribution in [1.82, 2.24) is 9.97 Å². The summed E-state index contributed by atoms with van der Waals surface area (Å²) in [5, 5.41) is 3.77. The average molecular weight is 334 g/mol. The van der Waals surface area contributed by atoms with Crippen molar-refractivity contribution in [2.75, 3.05) is 10.2 Å². The van der Waals surface area contributed by atoms with Crippen molar-refractivity contribution in [3.63, 3.8) is 0 Å². The van der Waals surface area contributed by atoms with Gasteiger partial charge in [0.15, 0.2) is 0 Å². The zero-order valence-corrected chi connectivity index (χ0v) is 13.8. The number of amides is 2. The van der Waals surface area contributed by atoms with Crippen LogP contribution in [-0.2, 0) is 4.79 Å². The van der Waals surface area contributed by atoms with Gasteiger partial charge in [-0.15, -0.1) is 0 Å². The average Bonchev–Trinajstić information content (AvgIpc) is 3.09. The van der Waals surface area contributed by atoms with E-state index in [1.165, 1.54) is 0 Å². The summed E-state index contributed by atoms with van der Waals surface area (Å²) in [6.07, 6.45) is 4.75. The highest BCUT2D eigenvalue weighted by molar-refractivity contribution is 6.17. The van der Waals surface area contributed by atoms with Crippen LogP contribution in [0.25, 0.3) is 11.0 Å². The molecule has 2 N–H and O–H groups in total. The quantitative estimate of drug-likeness (QED) is 0.771. The summed E-state index contributed by atoms with van der Waals surface area (Å²) in [7, 11) is 0.